The third-order valence-electron chi connectivity index (χ3n) is 4.23. The first-order valence-electron chi connectivity index (χ1n) is 8.63. The van der Waals surface area contributed by atoms with E-state index in [2.05, 4.69) is 26.3 Å². The van der Waals surface area contributed by atoms with Gasteiger partial charge in [-0.2, -0.15) is 4.98 Å². The Morgan fingerprint density at radius 2 is 1.86 bits per heavy atom. The molecular formula is C20H16Cl2N6. The molecule has 6 nitrogen and oxygen atoms in total. The summed E-state index contributed by atoms with van der Waals surface area (Å²) in [5, 5.41) is 5.21. The number of pyridine rings is 2. The summed E-state index contributed by atoms with van der Waals surface area (Å²) < 4.78 is 0. The van der Waals surface area contributed by atoms with Crippen molar-refractivity contribution in [3.8, 4) is 11.4 Å². The van der Waals surface area contributed by atoms with E-state index in [1.54, 1.807) is 6.20 Å². The Balaban J connectivity index is 1.68. The molecule has 0 unspecified atom stereocenters. The van der Waals surface area contributed by atoms with E-state index in [-0.39, 0.29) is 5.95 Å². The van der Waals surface area contributed by atoms with E-state index < -0.39 is 0 Å². The van der Waals surface area contributed by atoms with E-state index in [4.69, 9.17) is 33.9 Å². The molecule has 0 atom stereocenters. The summed E-state index contributed by atoms with van der Waals surface area (Å²) >= 11 is 12.5. The van der Waals surface area contributed by atoms with Crippen LogP contribution >= 0.6 is 23.2 Å². The SMILES string of the molecule is Nc1ncc(Cl)c(NCCc2cc3cccc(Cl)c3nc2-c2ccccn2)n1. The summed E-state index contributed by atoms with van der Waals surface area (Å²) in [4.78, 5) is 17.3. The Morgan fingerprint density at radius 3 is 2.68 bits per heavy atom. The first-order valence-corrected chi connectivity index (χ1v) is 9.39. The summed E-state index contributed by atoms with van der Waals surface area (Å²) in [7, 11) is 0. The van der Waals surface area contributed by atoms with Gasteiger partial charge >= 0.3 is 0 Å². The van der Waals surface area contributed by atoms with Gasteiger partial charge in [-0.3, -0.25) is 4.98 Å². The smallest absolute Gasteiger partial charge is 0.222 e. The summed E-state index contributed by atoms with van der Waals surface area (Å²) in [5.74, 6) is 0.674. The van der Waals surface area contributed by atoms with Crippen molar-refractivity contribution in [2.75, 3.05) is 17.6 Å². The number of para-hydroxylation sites is 1. The second-order valence-corrected chi connectivity index (χ2v) is 6.94. The molecule has 0 radical (unpaired) electrons. The lowest BCUT2D eigenvalue weighted by Gasteiger charge is -2.12. The third-order valence-corrected chi connectivity index (χ3v) is 4.81. The maximum Gasteiger partial charge on any atom is 0.222 e. The number of nitrogens with two attached hydrogens (primary N) is 1. The van der Waals surface area contributed by atoms with Crippen molar-refractivity contribution in [3.63, 3.8) is 0 Å². The number of halogens is 2. The van der Waals surface area contributed by atoms with Crippen molar-refractivity contribution in [2.24, 2.45) is 0 Å². The van der Waals surface area contributed by atoms with E-state index >= 15 is 0 Å². The number of hydrogen-bond donors (Lipinski definition) is 2. The number of rotatable bonds is 5. The lowest BCUT2D eigenvalue weighted by molar-refractivity contribution is 0.995. The van der Waals surface area contributed by atoms with Crippen LogP contribution in [0.5, 0.6) is 0 Å². The fourth-order valence-electron chi connectivity index (χ4n) is 2.94. The Labute approximate surface area is 171 Å². The van der Waals surface area contributed by atoms with Gasteiger partial charge in [-0.1, -0.05) is 41.4 Å². The highest BCUT2D eigenvalue weighted by atomic mass is 35.5. The lowest BCUT2D eigenvalue weighted by atomic mass is 10.0. The first kappa shape index (κ1) is 18.4. The van der Waals surface area contributed by atoms with Crippen LogP contribution in [-0.4, -0.2) is 26.5 Å². The molecule has 0 saturated carbocycles. The standard InChI is InChI=1S/C20H16Cl2N6/c21-14-5-3-4-12-10-13(7-9-25-19-15(22)11-26-20(23)28-19)18(27-17(12)14)16-6-1-2-8-24-16/h1-6,8,10-11H,7,9H2,(H3,23,25,26,28). The third kappa shape index (κ3) is 3.83. The van der Waals surface area contributed by atoms with Gasteiger partial charge in [0.1, 0.15) is 10.8 Å². The van der Waals surface area contributed by atoms with Crippen LogP contribution in [0.15, 0.2) is 54.9 Å². The van der Waals surface area contributed by atoms with Gasteiger partial charge in [0, 0.05) is 18.1 Å². The van der Waals surface area contributed by atoms with Gasteiger partial charge in [0.05, 0.1) is 28.1 Å². The first-order chi connectivity index (χ1) is 13.6. The van der Waals surface area contributed by atoms with Crippen LogP contribution in [0, 0.1) is 0 Å². The van der Waals surface area contributed by atoms with E-state index in [1.165, 1.54) is 6.20 Å². The highest BCUT2D eigenvalue weighted by Gasteiger charge is 2.12. The zero-order valence-electron chi connectivity index (χ0n) is 14.7. The number of hydrogen-bond acceptors (Lipinski definition) is 6. The average molecular weight is 411 g/mol. The fraction of sp³-hybridized carbons (Fsp3) is 0.100. The number of benzene rings is 1. The van der Waals surface area contributed by atoms with Crippen molar-refractivity contribution < 1.29 is 0 Å². The monoisotopic (exact) mass is 410 g/mol. The van der Waals surface area contributed by atoms with Gasteiger partial charge < -0.3 is 11.1 Å². The molecule has 0 aliphatic heterocycles. The van der Waals surface area contributed by atoms with Crippen LogP contribution in [0.25, 0.3) is 22.3 Å². The Morgan fingerprint density at radius 1 is 0.964 bits per heavy atom. The summed E-state index contributed by atoms with van der Waals surface area (Å²) in [6, 6.07) is 13.6. The number of fused-ring (bicyclic) bond motifs is 1. The molecule has 0 aliphatic carbocycles. The minimum Gasteiger partial charge on any atom is -0.368 e. The van der Waals surface area contributed by atoms with Gasteiger partial charge in [-0.05, 0) is 36.2 Å². The van der Waals surface area contributed by atoms with Crippen molar-refractivity contribution in [1.82, 2.24) is 19.9 Å². The van der Waals surface area contributed by atoms with Crippen molar-refractivity contribution >= 4 is 45.9 Å². The summed E-state index contributed by atoms with van der Waals surface area (Å²) in [6.07, 6.45) is 3.91. The van der Waals surface area contributed by atoms with E-state index in [0.717, 1.165) is 27.9 Å². The predicted molar refractivity (Wildman–Crippen MR) is 114 cm³/mol. The van der Waals surface area contributed by atoms with E-state index in [1.807, 2.05) is 36.4 Å². The second kappa shape index (κ2) is 7.96. The maximum absolute atomic E-state index is 6.35. The highest BCUT2D eigenvalue weighted by molar-refractivity contribution is 6.35. The quantitative estimate of drug-likeness (QED) is 0.498. The molecule has 0 fully saturated rings. The van der Waals surface area contributed by atoms with Crippen LogP contribution in [0.2, 0.25) is 10.0 Å². The molecule has 4 rings (SSSR count). The van der Waals surface area contributed by atoms with Crippen molar-refractivity contribution in [2.45, 2.75) is 6.42 Å². The molecule has 1 aromatic carbocycles. The summed E-state index contributed by atoms with van der Waals surface area (Å²) in [6.45, 7) is 0.587. The molecule has 3 heterocycles. The van der Waals surface area contributed by atoms with E-state index in [9.17, 15) is 0 Å². The number of nitrogens with one attached hydrogen (secondary N) is 1. The molecule has 0 spiro atoms. The Kier molecular flexibility index (Phi) is 5.23. The molecule has 28 heavy (non-hydrogen) atoms. The molecule has 4 aromatic rings. The lowest BCUT2D eigenvalue weighted by Crippen LogP contribution is -2.10. The van der Waals surface area contributed by atoms with Crippen molar-refractivity contribution in [1.29, 1.82) is 0 Å². The van der Waals surface area contributed by atoms with E-state index in [0.29, 0.717) is 28.8 Å². The molecule has 140 valence electrons. The van der Waals surface area contributed by atoms with Crippen molar-refractivity contribution in [3.05, 3.63) is 70.5 Å². The second-order valence-electron chi connectivity index (χ2n) is 6.12. The summed E-state index contributed by atoms with van der Waals surface area (Å²) in [5.41, 5.74) is 9.03. The van der Waals surface area contributed by atoms with Crippen LogP contribution in [-0.2, 0) is 6.42 Å². The zero-order valence-corrected chi connectivity index (χ0v) is 16.2. The van der Waals surface area contributed by atoms with Crippen LogP contribution < -0.4 is 11.1 Å². The van der Waals surface area contributed by atoms with Gasteiger partial charge in [-0.15, -0.1) is 0 Å². The fourth-order valence-corrected chi connectivity index (χ4v) is 3.32. The largest absolute Gasteiger partial charge is 0.368 e. The Hall–Kier alpha value is -2.96. The number of aromatic nitrogens is 4. The molecule has 0 saturated heterocycles. The van der Waals surface area contributed by atoms with Crippen LogP contribution in [0.1, 0.15) is 5.56 Å². The van der Waals surface area contributed by atoms with Crippen LogP contribution in [0.4, 0.5) is 11.8 Å². The zero-order chi connectivity index (χ0) is 19.5. The number of nitrogens with zero attached hydrogens (tertiary/aromatic N) is 4. The Bertz CT molecular complexity index is 1130. The maximum atomic E-state index is 6.35. The predicted octanol–water partition coefficient (Wildman–Crippen LogP) is 4.63. The normalized spacial score (nSPS) is 10.9. The van der Waals surface area contributed by atoms with Gasteiger partial charge in [0.25, 0.3) is 0 Å². The van der Waals surface area contributed by atoms with Gasteiger partial charge in [0.15, 0.2) is 0 Å². The molecular weight excluding hydrogens is 395 g/mol. The number of nitrogen functional groups attached to an aromatic ring is 1. The minimum absolute atomic E-state index is 0.170. The van der Waals surface area contributed by atoms with Gasteiger partial charge in [-0.25, -0.2) is 9.97 Å². The molecule has 8 heteroatoms. The molecule has 0 aliphatic rings. The average Bonchev–Trinajstić information content (AvgIpc) is 2.71. The van der Waals surface area contributed by atoms with Crippen LogP contribution in [0.3, 0.4) is 0 Å². The molecule has 0 amide bonds. The molecule has 3 aromatic heterocycles. The minimum atomic E-state index is 0.170. The number of anilines is 2. The molecule has 0 bridgehead atoms. The van der Waals surface area contributed by atoms with Gasteiger partial charge in [0.2, 0.25) is 5.95 Å². The molecule has 3 N–H and O–H groups in total. The highest BCUT2D eigenvalue weighted by Crippen LogP contribution is 2.29. The topological polar surface area (TPSA) is 89.6 Å².